The number of ether oxygens (including phenoxy) is 1. The van der Waals surface area contributed by atoms with Gasteiger partial charge in [-0.3, -0.25) is 4.79 Å². The molecule has 0 heterocycles. The van der Waals surface area contributed by atoms with Crippen LogP contribution in [0.15, 0.2) is 48.5 Å². The van der Waals surface area contributed by atoms with Crippen molar-refractivity contribution in [1.29, 1.82) is 0 Å². The molecule has 0 radical (unpaired) electrons. The summed E-state index contributed by atoms with van der Waals surface area (Å²) in [4.78, 5) is 12.0. The van der Waals surface area contributed by atoms with E-state index in [1.54, 1.807) is 0 Å². The summed E-state index contributed by atoms with van der Waals surface area (Å²) in [6, 6.07) is 12.7. The van der Waals surface area contributed by atoms with E-state index in [0.717, 1.165) is 11.1 Å². The minimum Gasteiger partial charge on any atom is -0.484 e. The van der Waals surface area contributed by atoms with Crippen LogP contribution in [-0.4, -0.2) is 23.7 Å². The van der Waals surface area contributed by atoms with Gasteiger partial charge in [-0.25, -0.2) is 4.39 Å². The van der Waals surface area contributed by atoms with E-state index in [4.69, 9.17) is 4.74 Å². The Bertz CT molecular complexity index is 672. The maximum Gasteiger partial charge on any atom is 0.258 e. The fourth-order valence-electron chi connectivity index (χ4n) is 2.64. The molecule has 0 aliphatic heterocycles. The van der Waals surface area contributed by atoms with Crippen LogP contribution in [-0.2, 0) is 11.2 Å². The number of carbonyl (C=O) groups is 1. The van der Waals surface area contributed by atoms with Gasteiger partial charge in [-0.05, 0) is 35.4 Å². The third-order valence-corrected chi connectivity index (χ3v) is 3.70. The summed E-state index contributed by atoms with van der Waals surface area (Å²) in [7, 11) is 0. The third-order valence-electron chi connectivity index (χ3n) is 3.70. The highest BCUT2D eigenvalue weighted by molar-refractivity contribution is 5.78. The molecule has 2 aromatic carbocycles. The summed E-state index contributed by atoms with van der Waals surface area (Å²) in [5.74, 6) is -0.267. The fourth-order valence-corrected chi connectivity index (χ4v) is 2.64. The maximum absolute atomic E-state index is 12.8. The van der Waals surface area contributed by atoms with E-state index in [1.165, 1.54) is 24.3 Å². The molecule has 2 atom stereocenters. The van der Waals surface area contributed by atoms with Crippen LogP contribution in [0.2, 0.25) is 0 Å². The van der Waals surface area contributed by atoms with E-state index >= 15 is 0 Å². The number of benzene rings is 2. The van der Waals surface area contributed by atoms with Crippen molar-refractivity contribution in [1.82, 2.24) is 5.32 Å². The lowest BCUT2D eigenvalue weighted by atomic mass is 10.1. The first kappa shape index (κ1) is 14.5. The molecule has 22 heavy (non-hydrogen) atoms. The zero-order valence-electron chi connectivity index (χ0n) is 11.8. The minimum absolute atomic E-state index is 0.184. The molecule has 2 aromatic rings. The maximum atomic E-state index is 12.8. The Morgan fingerprint density at radius 2 is 1.95 bits per heavy atom. The lowest BCUT2D eigenvalue weighted by molar-refractivity contribution is -0.124. The van der Waals surface area contributed by atoms with Gasteiger partial charge in [-0.15, -0.1) is 0 Å². The van der Waals surface area contributed by atoms with Gasteiger partial charge in [-0.1, -0.05) is 24.3 Å². The van der Waals surface area contributed by atoms with E-state index in [0.29, 0.717) is 12.2 Å². The molecular formula is C17H16FNO3. The van der Waals surface area contributed by atoms with Gasteiger partial charge in [-0.2, -0.15) is 0 Å². The number of nitrogens with one attached hydrogen (secondary N) is 1. The van der Waals surface area contributed by atoms with Crippen LogP contribution in [0.1, 0.15) is 17.2 Å². The second-order valence-corrected chi connectivity index (χ2v) is 5.26. The van der Waals surface area contributed by atoms with Gasteiger partial charge in [0.25, 0.3) is 5.91 Å². The van der Waals surface area contributed by atoms with Crippen molar-refractivity contribution in [3.05, 3.63) is 65.5 Å². The number of aliphatic hydroxyl groups is 1. The Labute approximate surface area is 127 Å². The van der Waals surface area contributed by atoms with Gasteiger partial charge in [0.1, 0.15) is 11.6 Å². The summed E-state index contributed by atoms with van der Waals surface area (Å²) < 4.78 is 18.1. The first-order valence-electron chi connectivity index (χ1n) is 7.07. The Morgan fingerprint density at radius 1 is 1.23 bits per heavy atom. The Hall–Kier alpha value is -2.40. The van der Waals surface area contributed by atoms with E-state index in [9.17, 15) is 14.3 Å². The van der Waals surface area contributed by atoms with E-state index in [2.05, 4.69) is 5.32 Å². The van der Waals surface area contributed by atoms with E-state index < -0.39 is 12.1 Å². The Balaban J connectivity index is 1.59. The standard InChI is InChI=1S/C17H16FNO3/c18-12-5-7-13(8-6-12)22-10-16(21)19-17-14-4-2-1-3-11(14)9-15(17)20/h1-8,15,17,20H,9-10H2,(H,19,21). The summed E-state index contributed by atoms with van der Waals surface area (Å²) in [6.45, 7) is -0.184. The normalized spacial score (nSPS) is 19.5. The van der Waals surface area contributed by atoms with Gasteiger partial charge < -0.3 is 15.2 Å². The minimum atomic E-state index is -0.632. The molecule has 2 unspecified atom stereocenters. The van der Waals surface area contributed by atoms with E-state index in [-0.39, 0.29) is 18.3 Å². The van der Waals surface area contributed by atoms with Crippen molar-refractivity contribution >= 4 is 5.91 Å². The first-order chi connectivity index (χ1) is 10.6. The highest BCUT2D eigenvalue weighted by atomic mass is 19.1. The van der Waals surface area contributed by atoms with Gasteiger partial charge >= 0.3 is 0 Å². The molecule has 2 N–H and O–H groups in total. The van der Waals surface area contributed by atoms with Crippen LogP contribution >= 0.6 is 0 Å². The molecule has 0 fully saturated rings. The van der Waals surface area contributed by atoms with Gasteiger partial charge in [0.15, 0.2) is 6.61 Å². The molecule has 3 rings (SSSR count). The van der Waals surface area contributed by atoms with Crippen LogP contribution < -0.4 is 10.1 Å². The number of fused-ring (bicyclic) bond motifs is 1. The van der Waals surface area contributed by atoms with Crippen LogP contribution in [0.4, 0.5) is 4.39 Å². The summed E-state index contributed by atoms with van der Waals surface area (Å²) in [5.41, 5.74) is 1.98. The van der Waals surface area contributed by atoms with Crippen LogP contribution in [0, 0.1) is 5.82 Å². The van der Waals surface area contributed by atoms with E-state index in [1.807, 2.05) is 24.3 Å². The van der Waals surface area contributed by atoms with Gasteiger partial charge in [0.2, 0.25) is 0 Å². The summed E-state index contributed by atoms with van der Waals surface area (Å²) in [5, 5.41) is 12.9. The Morgan fingerprint density at radius 3 is 2.73 bits per heavy atom. The summed E-state index contributed by atoms with van der Waals surface area (Å²) >= 11 is 0. The van der Waals surface area contributed by atoms with Gasteiger partial charge in [0, 0.05) is 6.42 Å². The average Bonchev–Trinajstić information content (AvgIpc) is 2.83. The highest BCUT2D eigenvalue weighted by Gasteiger charge is 2.31. The quantitative estimate of drug-likeness (QED) is 0.908. The molecule has 1 aliphatic rings. The number of hydrogen-bond donors (Lipinski definition) is 2. The number of halogens is 1. The molecule has 1 amide bonds. The topological polar surface area (TPSA) is 58.6 Å². The molecule has 0 saturated heterocycles. The van der Waals surface area contributed by atoms with Crippen molar-refractivity contribution in [3.63, 3.8) is 0 Å². The largest absolute Gasteiger partial charge is 0.484 e. The number of hydrogen-bond acceptors (Lipinski definition) is 3. The zero-order chi connectivity index (χ0) is 15.5. The molecule has 0 spiro atoms. The molecule has 0 saturated carbocycles. The number of aliphatic hydroxyl groups excluding tert-OH is 1. The predicted octanol–water partition coefficient (Wildman–Crippen LogP) is 1.98. The lowest BCUT2D eigenvalue weighted by Crippen LogP contribution is -2.36. The van der Waals surface area contributed by atoms with Gasteiger partial charge in [0.05, 0.1) is 12.1 Å². The van der Waals surface area contributed by atoms with Crippen LogP contribution in [0.25, 0.3) is 0 Å². The zero-order valence-corrected chi connectivity index (χ0v) is 11.8. The van der Waals surface area contributed by atoms with Crippen LogP contribution in [0.5, 0.6) is 5.75 Å². The smallest absolute Gasteiger partial charge is 0.258 e. The van der Waals surface area contributed by atoms with Crippen molar-refractivity contribution in [2.24, 2.45) is 0 Å². The fraction of sp³-hybridized carbons (Fsp3) is 0.235. The molecule has 1 aliphatic carbocycles. The average molecular weight is 301 g/mol. The first-order valence-corrected chi connectivity index (χ1v) is 7.07. The lowest BCUT2D eigenvalue weighted by Gasteiger charge is -2.18. The SMILES string of the molecule is O=C(COc1ccc(F)cc1)NC1c2ccccc2CC1O. The molecular weight excluding hydrogens is 285 g/mol. The van der Waals surface area contributed by atoms with Crippen molar-refractivity contribution in [2.75, 3.05) is 6.61 Å². The molecule has 0 aromatic heterocycles. The highest BCUT2D eigenvalue weighted by Crippen LogP contribution is 2.31. The molecule has 5 heteroatoms. The van der Waals surface area contributed by atoms with Crippen molar-refractivity contribution in [3.8, 4) is 5.75 Å². The van der Waals surface area contributed by atoms with Crippen molar-refractivity contribution < 1.29 is 19.0 Å². The second kappa shape index (κ2) is 6.15. The monoisotopic (exact) mass is 301 g/mol. The summed E-state index contributed by atoms with van der Waals surface area (Å²) in [6.07, 6.45) is -0.105. The number of amides is 1. The van der Waals surface area contributed by atoms with Crippen molar-refractivity contribution in [2.45, 2.75) is 18.6 Å². The predicted molar refractivity (Wildman–Crippen MR) is 78.9 cm³/mol. The number of rotatable bonds is 4. The molecule has 0 bridgehead atoms. The second-order valence-electron chi connectivity index (χ2n) is 5.26. The number of carbonyl (C=O) groups excluding carboxylic acids is 1. The Kier molecular flexibility index (Phi) is 4.06. The molecule has 4 nitrogen and oxygen atoms in total. The van der Waals surface area contributed by atoms with Crippen LogP contribution in [0.3, 0.4) is 0 Å². The molecule has 114 valence electrons. The third kappa shape index (κ3) is 3.09.